The minimum absolute atomic E-state index is 0.121. The third-order valence-corrected chi connectivity index (χ3v) is 6.20. The Labute approximate surface area is 197 Å². The molecule has 32 heavy (non-hydrogen) atoms. The lowest BCUT2D eigenvalue weighted by Gasteiger charge is -2.21. The second-order valence-electron chi connectivity index (χ2n) is 6.96. The second kappa shape index (κ2) is 9.92. The summed E-state index contributed by atoms with van der Waals surface area (Å²) in [4.78, 5) is 25.5. The number of rotatable bonds is 5. The highest BCUT2D eigenvalue weighted by Gasteiger charge is 2.18. The summed E-state index contributed by atoms with van der Waals surface area (Å²) in [5.41, 5.74) is 2.07. The maximum Gasteiger partial charge on any atom is 0.333 e. The first-order valence-electron chi connectivity index (χ1n) is 9.82. The summed E-state index contributed by atoms with van der Waals surface area (Å²) < 4.78 is 18.5. The van der Waals surface area contributed by atoms with Crippen LogP contribution in [-0.4, -0.2) is 23.9 Å². The average Bonchev–Trinajstić information content (AvgIpc) is 3.02. The van der Waals surface area contributed by atoms with Crippen molar-refractivity contribution in [3.63, 3.8) is 0 Å². The van der Waals surface area contributed by atoms with E-state index in [9.17, 15) is 9.59 Å². The zero-order chi connectivity index (χ0) is 22.7. The molecular formula is C23H19Cl2NO5S. The highest BCUT2D eigenvalue weighted by atomic mass is 35.5. The van der Waals surface area contributed by atoms with Gasteiger partial charge in [0.25, 0.3) is 5.56 Å². The van der Waals surface area contributed by atoms with Crippen LogP contribution in [-0.2, 0) is 27.4 Å². The molecule has 1 aliphatic rings. The Kier molecular flexibility index (Phi) is 7.01. The molecule has 0 atom stereocenters. The van der Waals surface area contributed by atoms with Crippen molar-refractivity contribution in [3.05, 3.63) is 82.7 Å². The number of carbonyl (C=O) groups is 1. The molecule has 0 bridgehead atoms. The van der Waals surface area contributed by atoms with E-state index >= 15 is 0 Å². The van der Waals surface area contributed by atoms with Gasteiger partial charge in [-0.15, -0.1) is 11.3 Å². The molecule has 166 valence electrons. The van der Waals surface area contributed by atoms with E-state index in [4.69, 9.17) is 37.4 Å². The molecule has 0 saturated carbocycles. The van der Waals surface area contributed by atoms with E-state index in [1.807, 2.05) is 12.1 Å². The lowest BCUT2D eigenvalue weighted by atomic mass is 10.1. The van der Waals surface area contributed by atoms with Crippen LogP contribution in [0.1, 0.15) is 23.6 Å². The van der Waals surface area contributed by atoms with Crippen molar-refractivity contribution in [2.24, 2.45) is 0 Å². The summed E-state index contributed by atoms with van der Waals surface area (Å²) in [6.07, 6.45) is 3.07. The highest BCUT2D eigenvalue weighted by molar-refractivity contribution is 7.07. The largest absolute Gasteiger partial charge is 0.467 e. The molecule has 0 aliphatic carbocycles. The van der Waals surface area contributed by atoms with Gasteiger partial charge >= 0.3 is 5.97 Å². The van der Waals surface area contributed by atoms with Crippen molar-refractivity contribution in [1.29, 1.82) is 0 Å². The third-order valence-electron chi connectivity index (χ3n) is 4.69. The Morgan fingerprint density at radius 1 is 1.25 bits per heavy atom. The van der Waals surface area contributed by atoms with Crippen molar-refractivity contribution in [2.75, 3.05) is 13.4 Å². The molecule has 3 aromatic rings. The number of nitrogens with zero attached hydrogens (tertiary/aromatic N) is 1. The summed E-state index contributed by atoms with van der Waals surface area (Å²) in [5, 5.41) is 1.08. The number of benzene rings is 2. The normalized spacial score (nSPS) is 14.2. The fourth-order valence-corrected chi connectivity index (χ4v) is 4.86. The Morgan fingerprint density at radius 3 is 2.88 bits per heavy atom. The molecule has 0 spiro atoms. The molecule has 4 rings (SSSR count). The Morgan fingerprint density at radius 2 is 2.09 bits per heavy atom. The van der Waals surface area contributed by atoms with Crippen molar-refractivity contribution in [2.45, 2.75) is 20.1 Å². The predicted octanol–water partition coefficient (Wildman–Crippen LogP) is 3.30. The zero-order valence-electron chi connectivity index (χ0n) is 17.1. The Balaban J connectivity index is 1.86. The fraction of sp³-hybridized carbons (Fsp3) is 0.217. The summed E-state index contributed by atoms with van der Waals surface area (Å²) in [6, 6.07) is 10.7. The van der Waals surface area contributed by atoms with Crippen molar-refractivity contribution in [1.82, 2.24) is 4.57 Å². The van der Waals surface area contributed by atoms with E-state index in [1.165, 1.54) is 22.0 Å². The molecule has 0 saturated heterocycles. The van der Waals surface area contributed by atoms with Crippen molar-refractivity contribution < 1.29 is 19.0 Å². The molecule has 2 heterocycles. The number of carbonyl (C=O) groups excluding carboxylic acids is 1. The van der Waals surface area contributed by atoms with Gasteiger partial charge in [0.15, 0.2) is 6.79 Å². The number of hydrogen-bond acceptors (Lipinski definition) is 6. The van der Waals surface area contributed by atoms with Gasteiger partial charge in [0, 0.05) is 21.2 Å². The summed E-state index contributed by atoms with van der Waals surface area (Å²) in [5.74, 6) is 0.121. The molecule has 9 heteroatoms. The quantitative estimate of drug-likeness (QED) is 0.512. The summed E-state index contributed by atoms with van der Waals surface area (Å²) >= 11 is 13.6. The zero-order valence-corrected chi connectivity index (χ0v) is 19.4. The van der Waals surface area contributed by atoms with E-state index in [1.54, 1.807) is 37.3 Å². The van der Waals surface area contributed by atoms with Crippen LogP contribution in [0.5, 0.6) is 5.75 Å². The first-order valence-corrected chi connectivity index (χ1v) is 11.4. The number of thiazole rings is 1. The lowest BCUT2D eigenvalue weighted by Crippen LogP contribution is -2.32. The average molecular weight is 492 g/mol. The third kappa shape index (κ3) is 5.07. The molecule has 6 nitrogen and oxygen atoms in total. The van der Waals surface area contributed by atoms with E-state index in [-0.39, 0.29) is 25.5 Å². The number of esters is 1. The minimum Gasteiger partial charge on any atom is -0.467 e. The van der Waals surface area contributed by atoms with Gasteiger partial charge in [0.1, 0.15) is 10.4 Å². The SMILES string of the molecule is CCOC(=O)/C=c1\s/c(=C\c2cccc(Cl)c2)c(=O)n1Cc1cc(Cl)cc2c1OCOC2. The Hall–Kier alpha value is -2.58. The van der Waals surface area contributed by atoms with E-state index in [0.29, 0.717) is 31.6 Å². The number of aromatic nitrogens is 1. The minimum atomic E-state index is -0.519. The number of fused-ring (bicyclic) bond motifs is 1. The number of hydrogen-bond donors (Lipinski definition) is 0. The van der Waals surface area contributed by atoms with Crippen LogP contribution in [0.3, 0.4) is 0 Å². The van der Waals surface area contributed by atoms with Crippen LogP contribution in [0.4, 0.5) is 0 Å². The Bertz CT molecular complexity index is 1350. The van der Waals surface area contributed by atoms with Gasteiger partial charge in [-0.05, 0) is 42.8 Å². The van der Waals surface area contributed by atoms with Gasteiger partial charge in [-0.3, -0.25) is 9.36 Å². The van der Waals surface area contributed by atoms with Crippen LogP contribution in [0.15, 0.2) is 41.2 Å². The van der Waals surface area contributed by atoms with E-state index in [0.717, 1.165) is 16.7 Å². The summed E-state index contributed by atoms with van der Waals surface area (Å²) in [6.45, 7) is 2.63. The van der Waals surface area contributed by atoms with E-state index in [2.05, 4.69) is 0 Å². The van der Waals surface area contributed by atoms with Gasteiger partial charge in [-0.1, -0.05) is 35.3 Å². The van der Waals surface area contributed by atoms with E-state index < -0.39 is 5.97 Å². The van der Waals surface area contributed by atoms with Gasteiger partial charge in [0.05, 0.1) is 30.4 Å². The first-order chi connectivity index (χ1) is 15.4. The van der Waals surface area contributed by atoms with Crippen LogP contribution in [0.2, 0.25) is 10.0 Å². The molecule has 0 amide bonds. The number of halogens is 2. The molecular weight excluding hydrogens is 473 g/mol. The van der Waals surface area contributed by atoms with Crippen LogP contribution < -0.4 is 19.5 Å². The van der Waals surface area contributed by atoms with Crippen LogP contribution >= 0.6 is 34.5 Å². The fourth-order valence-electron chi connectivity index (χ4n) is 3.37. The van der Waals surface area contributed by atoms with Crippen molar-refractivity contribution in [3.8, 4) is 5.75 Å². The van der Waals surface area contributed by atoms with Gasteiger partial charge in [-0.25, -0.2) is 4.79 Å². The van der Waals surface area contributed by atoms with Gasteiger partial charge in [0.2, 0.25) is 0 Å². The molecule has 0 unspecified atom stereocenters. The number of ether oxygens (including phenoxy) is 3. The monoisotopic (exact) mass is 491 g/mol. The molecule has 0 fully saturated rings. The standard InChI is InChI=1S/C23H19Cl2NO5S/c1-2-30-21(27)10-20-26(11-15-8-18(25)9-16-12-29-13-31-22(15)16)23(28)19(32-20)7-14-4-3-5-17(24)6-14/h3-10H,2,11-13H2,1H3/b19-7-,20-10-. The molecule has 0 radical (unpaired) electrons. The van der Waals surface area contributed by atoms with Gasteiger partial charge < -0.3 is 14.2 Å². The van der Waals surface area contributed by atoms with Crippen LogP contribution in [0.25, 0.3) is 12.2 Å². The van der Waals surface area contributed by atoms with Gasteiger partial charge in [-0.2, -0.15) is 0 Å². The first kappa shape index (κ1) is 22.6. The maximum atomic E-state index is 13.3. The highest BCUT2D eigenvalue weighted by Crippen LogP contribution is 2.31. The maximum absolute atomic E-state index is 13.3. The molecule has 2 aromatic carbocycles. The van der Waals surface area contributed by atoms with Crippen molar-refractivity contribution >= 4 is 52.7 Å². The topological polar surface area (TPSA) is 66.8 Å². The molecule has 0 N–H and O–H groups in total. The molecule has 1 aromatic heterocycles. The summed E-state index contributed by atoms with van der Waals surface area (Å²) in [7, 11) is 0. The van der Waals surface area contributed by atoms with Crippen LogP contribution in [0, 0.1) is 0 Å². The smallest absolute Gasteiger partial charge is 0.333 e. The lowest BCUT2D eigenvalue weighted by molar-refractivity contribution is -0.135. The predicted molar refractivity (Wildman–Crippen MR) is 125 cm³/mol. The second-order valence-corrected chi connectivity index (χ2v) is 8.89. The molecule has 1 aliphatic heterocycles.